The van der Waals surface area contributed by atoms with Gasteiger partial charge in [0.2, 0.25) is 0 Å². The van der Waals surface area contributed by atoms with Crippen molar-refractivity contribution in [3.8, 4) is 0 Å². The first kappa shape index (κ1) is 10.6. The van der Waals surface area contributed by atoms with Crippen LogP contribution in [-0.4, -0.2) is 73.0 Å². The lowest BCUT2D eigenvalue weighted by molar-refractivity contribution is -0.114. The van der Waals surface area contributed by atoms with E-state index in [-0.39, 0.29) is 6.03 Å². The van der Waals surface area contributed by atoms with Crippen molar-refractivity contribution in [1.29, 1.82) is 0 Å². The van der Waals surface area contributed by atoms with Crippen LogP contribution in [0, 0.1) is 0 Å². The van der Waals surface area contributed by atoms with Gasteiger partial charge in [0, 0.05) is 26.2 Å². The number of amides is 2. The topological polar surface area (TPSA) is 26.8 Å². The van der Waals surface area contributed by atoms with Crippen molar-refractivity contribution in [3.63, 3.8) is 0 Å². The van der Waals surface area contributed by atoms with E-state index in [9.17, 15) is 13.6 Å². The van der Waals surface area contributed by atoms with E-state index in [2.05, 4.69) is 4.90 Å². The van der Waals surface area contributed by atoms with Crippen molar-refractivity contribution >= 4 is 6.03 Å². The number of halogens is 2. The molecule has 86 valence electrons. The highest BCUT2D eigenvalue weighted by Crippen LogP contribution is 2.27. The first-order valence-electron chi connectivity index (χ1n) is 5.08. The van der Waals surface area contributed by atoms with Crippen LogP contribution in [0.25, 0.3) is 0 Å². The molecule has 2 fully saturated rings. The first-order valence-corrected chi connectivity index (χ1v) is 5.08. The summed E-state index contributed by atoms with van der Waals surface area (Å²) in [6, 6.07) is -0.242. The molecule has 0 unspecified atom stereocenters. The lowest BCUT2D eigenvalue weighted by Crippen LogP contribution is -2.63. The number of likely N-dealkylation sites (tertiary alicyclic amines) is 1. The molecule has 2 saturated heterocycles. The molecule has 2 heterocycles. The van der Waals surface area contributed by atoms with E-state index >= 15 is 0 Å². The second kappa shape index (κ2) is 3.59. The molecule has 0 aliphatic carbocycles. The molecule has 0 spiro atoms. The summed E-state index contributed by atoms with van der Waals surface area (Å²) in [5.41, 5.74) is 0. The van der Waals surface area contributed by atoms with Crippen LogP contribution < -0.4 is 0 Å². The van der Waals surface area contributed by atoms with Gasteiger partial charge in [0.1, 0.15) is 0 Å². The number of urea groups is 1. The number of hydrogen-bond acceptors (Lipinski definition) is 2. The van der Waals surface area contributed by atoms with Crippen molar-refractivity contribution in [2.45, 2.75) is 5.92 Å². The van der Waals surface area contributed by atoms with Gasteiger partial charge in [-0.15, -0.1) is 0 Å². The Labute approximate surface area is 87.4 Å². The van der Waals surface area contributed by atoms with E-state index in [0.29, 0.717) is 13.1 Å². The molecule has 2 aliphatic heterocycles. The molecule has 0 aromatic carbocycles. The van der Waals surface area contributed by atoms with Gasteiger partial charge < -0.3 is 14.7 Å². The Morgan fingerprint density at radius 3 is 2.07 bits per heavy atom. The maximum Gasteiger partial charge on any atom is 0.320 e. The maximum absolute atomic E-state index is 12.6. The molecule has 4 nitrogen and oxygen atoms in total. The molecule has 15 heavy (non-hydrogen) atoms. The zero-order chi connectivity index (χ0) is 11.1. The zero-order valence-electron chi connectivity index (χ0n) is 8.75. The highest BCUT2D eigenvalue weighted by molar-refractivity contribution is 5.75. The fourth-order valence-electron chi connectivity index (χ4n) is 1.85. The minimum atomic E-state index is -2.66. The van der Waals surface area contributed by atoms with Gasteiger partial charge in [0.25, 0.3) is 5.92 Å². The Kier molecular flexibility index (Phi) is 2.54. The largest absolute Gasteiger partial charge is 0.322 e. The fourth-order valence-corrected chi connectivity index (χ4v) is 1.85. The molecular formula is C9H15F2N3O. The number of alkyl halides is 2. The predicted molar refractivity (Wildman–Crippen MR) is 51.0 cm³/mol. The van der Waals surface area contributed by atoms with Crippen molar-refractivity contribution < 1.29 is 13.6 Å². The van der Waals surface area contributed by atoms with Crippen LogP contribution in [0.1, 0.15) is 0 Å². The van der Waals surface area contributed by atoms with Gasteiger partial charge in [-0.3, -0.25) is 0 Å². The summed E-state index contributed by atoms with van der Waals surface area (Å²) < 4.78 is 25.1. The first-order chi connectivity index (χ1) is 6.98. The molecule has 0 aromatic rings. The van der Waals surface area contributed by atoms with Gasteiger partial charge in [0.15, 0.2) is 0 Å². The smallest absolute Gasteiger partial charge is 0.320 e. The molecule has 0 atom stereocenters. The van der Waals surface area contributed by atoms with Crippen molar-refractivity contribution in [2.24, 2.45) is 0 Å². The van der Waals surface area contributed by atoms with Gasteiger partial charge in [-0.25, -0.2) is 13.6 Å². The van der Waals surface area contributed by atoms with E-state index in [0.717, 1.165) is 13.1 Å². The molecular weight excluding hydrogens is 204 g/mol. The summed E-state index contributed by atoms with van der Waals surface area (Å²) in [6.45, 7) is 2.07. The SMILES string of the molecule is CN1CCN(C(=O)N2CC(F)(F)C2)CC1. The lowest BCUT2D eigenvalue weighted by Gasteiger charge is -2.43. The van der Waals surface area contributed by atoms with Gasteiger partial charge in [0.05, 0.1) is 13.1 Å². The van der Waals surface area contributed by atoms with Crippen molar-refractivity contribution in [2.75, 3.05) is 46.3 Å². The third-order valence-corrected chi connectivity index (χ3v) is 2.89. The summed E-state index contributed by atoms with van der Waals surface area (Å²) in [5, 5.41) is 0. The van der Waals surface area contributed by atoms with Crippen LogP contribution in [0.4, 0.5) is 13.6 Å². The minimum absolute atomic E-state index is 0.242. The quantitative estimate of drug-likeness (QED) is 0.586. The van der Waals surface area contributed by atoms with Crippen LogP contribution in [-0.2, 0) is 0 Å². The van der Waals surface area contributed by atoms with Gasteiger partial charge in [-0.1, -0.05) is 0 Å². The van der Waals surface area contributed by atoms with Gasteiger partial charge >= 0.3 is 6.03 Å². The summed E-state index contributed by atoms with van der Waals surface area (Å²) in [5.74, 6) is -2.66. The minimum Gasteiger partial charge on any atom is -0.322 e. The van der Waals surface area contributed by atoms with Gasteiger partial charge in [-0.05, 0) is 7.05 Å². The van der Waals surface area contributed by atoms with Crippen molar-refractivity contribution in [3.05, 3.63) is 0 Å². The highest BCUT2D eigenvalue weighted by atomic mass is 19.3. The normalized spacial score (nSPS) is 26.3. The van der Waals surface area contributed by atoms with Crippen molar-refractivity contribution in [1.82, 2.24) is 14.7 Å². The lowest BCUT2D eigenvalue weighted by atomic mass is 10.1. The number of nitrogens with zero attached hydrogens (tertiary/aromatic N) is 3. The Morgan fingerprint density at radius 2 is 1.60 bits per heavy atom. The molecule has 2 rings (SSSR count). The monoisotopic (exact) mass is 219 g/mol. The molecule has 0 saturated carbocycles. The number of carbonyl (C=O) groups is 1. The molecule has 6 heteroatoms. The molecule has 0 N–H and O–H groups in total. The Balaban J connectivity index is 1.82. The number of likely N-dealkylation sites (N-methyl/N-ethyl adjacent to an activating group) is 1. The van der Waals surface area contributed by atoms with Gasteiger partial charge in [-0.2, -0.15) is 0 Å². The van der Waals surface area contributed by atoms with E-state index in [4.69, 9.17) is 0 Å². The average Bonchev–Trinajstić information content (AvgIpc) is 2.14. The molecule has 0 radical (unpaired) electrons. The second-order valence-corrected chi connectivity index (χ2v) is 4.28. The predicted octanol–water partition coefficient (Wildman–Crippen LogP) is 0.305. The summed E-state index contributed by atoms with van der Waals surface area (Å²) in [6.07, 6.45) is 0. The Bertz CT molecular complexity index is 256. The third-order valence-electron chi connectivity index (χ3n) is 2.89. The number of rotatable bonds is 0. The van der Waals surface area contributed by atoms with Crippen LogP contribution in [0.2, 0.25) is 0 Å². The molecule has 0 aromatic heterocycles. The summed E-state index contributed by atoms with van der Waals surface area (Å²) in [4.78, 5) is 16.7. The molecule has 2 aliphatic rings. The second-order valence-electron chi connectivity index (χ2n) is 4.28. The highest BCUT2D eigenvalue weighted by Gasteiger charge is 2.47. The van der Waals surface area contributed by atoms with E-state index in [1.165, 1.54) is 4.90 Å². The Morgan fingerprint density at radius 1 is 1.07 bits per heavy atom. The van der Waals surface area contributed by atoms with Crippen LogP contribution in [0.5, 0.6) is 0 Å². The Hall–Kier alpha value is -0.910. The number of piperazine rings is 1. The maximum atomic E-state index is 12.6. The fraction of sp³-hybridized carbons (Fsp3) is 0.889. The average molecular weight is 219 g/mol. The number of hydrogen-bond donors (Lipinski definition) is 0. The van der Waals surface area contributed by atoms with E-state index in [1.807, 2.05) is 7.05 Å². The van der Waals surface area contributed by atoms with Crippen LogP contribution in [0.3, 0.4) is 0 Å². The van der Waals surface area contributed by atoms with E-state index in [1.54, 1.807) is 4.90 Å². The van der Waals surface area contributed by atoms with Crippen LogP contribution in [0.15, 0.2) is 0 Å². The van der Waals surface area contributed by atoms with Crippen LogP contribution >= 0.6 is 0 Å². The summed E-state index contributed by atoms with van der Waals surface area (Å²) >= 11 is 0. The molecule has 2 amide bonds. The van der Waals surface area contributed by atoms with E-state index < -0.39 is 19.0 Å². The molecule has 0 bridgehead atoms. The number of carbonyl (C=O) groups excluding carboxylic acids is 1. The zero-order valence-corrected chi connectivity index (χ0v) is 8.75. The third kappa shape index (κ3) is 2.19. The standard InChI is InChI=1S/C9H15F2N3O/c1-12-2-4-13(5-3-12)8(15)14-6-9(10,11)7-14/h2-7H2,1H3. The summed E-state index contributed by atoms with van der Waals surface area (Å²) in [7, 11) is 1.99.